The quantitative estimate of drug-likeness (QED) is 0.607. The summed E-state index contributed by atoms with van der Waals surface area (Å²) in [6.45, 7) is 3.79. The first-order chi connectivity index (χ1) is 5.34. The van der Waals surface area contributed by atoms with E-state index in [0.717, 1.165) is 19.1 Å². The predicted molar refractivity (Wildman–Crippen MR) is 42.2 cm³/mol. The van der Waals surface area contributed by atoms with Crippen LogP contribution in [0.2, 0.25) is 0 Å². The summed E-state index contributed by atoms with van der Waals surface area (Å²) < 4.78 is 10.8. The zero-order valence-corrected chi connectivity index (χ0v) is 7.08. The Hall–Kier alpha value is -0.0800. The number of rotatable bonds is 2. The lowest BCUT2D eigenvalue weighted by molar-refractivity contribution is -0.191. The van der Waals surface area contributed by atoms with Crippen molar-refractivity contribution in [1.29, 1.82) is 0 Å². The molecule has 2 fully saturated rings. The van der Waals surface area contributed by atoms with Crippen LogP contribution in [0.15, 0.2) is 0 Å². The fraction of sp³-hybridized carbons (Fsp3) is 1.00. The van der Waals surface area contributed by atoms with Crippen LogP contribution in [0.5, 0.6) is 0 Å². The van der Waals surface area contributed by atoms with Crippen molar-refractivity contribution in [2.24, 2.45) is 11.8 Å². The Bertz CT molecular complexity index is 124. The maximum Gasteiger partial charge on any atom is 0.154 e. The highest BCUT2D eigenvalue weighted by Crippen LogP contribution is 2.36. The predicted octanol–water partition coefficient (Wildman–Crippen LogP) is 1.80. The third kappa shape index (κ3) is 2.17. The zero-order chi connectivity index (χ0) is 7.68. The molecule has 2 aliphatic rings. The highest BCUT2D eigenvalue weighted by Gasteiger charge is 2.28. The van der Waals surface area contributed by atoms with E-state index < -0.39 is 0 Å². The van der Waals surface area contributed by atoms with Crippen LogP contribution in [0.25, 0.3) is 0 Å². The first-order valence-electron chi connectivity index (χ1n) is 4.58. The van der Waals surface area contributed by atoms with Gasteiger partial charge in [0.15, 0.2) is 6.29 Å². The molecule has 0 aromatic rings. The van der Waals surface area contributed by atoms with Crippen molar-refractivity contribution in [3.63, 3.8) is 0 Å². The normalized spacial score (nSPS) is 39.0. The van der Waals surface area contributed by atoms with Gasteiger partial charge in [0.05, 0.1) is 13.2 Å². The minimum atomic E-state index is 0.0328. The maximum absolute atomic E-state index is 5.40. The lowest BCUT2D eigenvalue weighted by Gasteiger charge is -2.27. The third-order valence-corrected chi connectivity index (χ3v) is 2.50. The van der Waals surface area contributed by atoms with Crippen molar-refractivity contribution in [3.05, 3.63) is 0 Å². The van der Waals surface area contributed by atoms with E-state index in [0.29, 0.717) is 5.92 Å². The second-order valence-corrected chi connectivity index (χ2v) is 3.78. The first-order valence-corrected chi connectivity index (χ1v) is 4.58. The van der Waals surface area contributed by atoms with Gasteiger partial charge in [-0.3, -0.25) is 0 Å². The monoisotopic (exact) mass is 156 g/mol. The molecule has 0 atom stereocenters. The van der Waals surface area contributed by atoms with Crippen molar-refractivity contribution >= 4 is 0 Å². The second kappa shape index (κ2) is 3.11. The number of ether oxygens (including phenoxy) is 2. The van der Waals surface area contributed by atoms with E-state index in [-0.39, 0.29) is 6.29 Å². The molecule has 1 aliphatic carbocycles. The summed E-state index contributed by atoms with van der Waals surface area (Å²) in [7, 11) is 0. The molecular formula is C9H16O2. The molecule has 0 radical (unpaired) electrons. The molecule has 2 rings (SSSR count). The molecule has 0 N–H and O–H groups in total. The summed E-state index contributed by atoms with van der Waals surface area (Å²) in [5, 5.41) is 0. The fourth-order valence-corrected chi connectivity index (χ4v) is 1.60. The summed E-state index contributed by atoms with van der Waals surface area (Å²) in [6, 6.07) is 0. The van der Waals surface area contributed by atoms with Gasteiger partial charge in [-0.05, 0) is 19.3 Å². The van der Waals surface area contributed by atoms with Crippen LogP contribution in [0, 0.1) is 11.8 Å². The number of hydrogen-bond donors (Lipinski definition) is 0. The van der Waals surface area contributed by atoms with Gasteiger partial charge in [0.2, 0.25) is 0 Å². The van der Waals surface area contributed by atoms with Crippen LogP contribution in [0.4, 0.5) is 0 Å². The van der Waals surface area contributed by atoms with Gasteiger partial charge in [0, 0.05) is 5.92 Å². The summed E-state index contributed by atoms with van der Waals surface area (Å²) >= 11 is 0. The summed E-state index contributed by atoms with van der Waals surface area (Å²) in [4.78, 5) is 0. The van der Waals surface area contributed by atoms with Crippen LogP contribution in [-0.2, 0) is 9.47 Å². The third-order valence-electron chi connectivity index (χ3n) is 2.50. The van der Waals surface area contributed by atoms with Gasteiger partial charge < -0.3 is 9.47 Å². The summed E-state index contributed by atoms with van der Waals surface area (Å²) in [5.41, 5.74) is 0. The molecule has 0 spiro atoms. The van der Waals surface area contributed by atoms with Crippen molar-refractivity contribution in [2.75, 3.05) is 13.2 Å². The fourth-order valence-electron chi connectivity index (χ4n) is 1.60. The van der Waals surface area contributed by atoms with Gasteiger partial charge in [-0.1, -0.05) is 12.8 Å². The average molecular weight is 156 g/mol. The highest BCUT2D eigenvalue weighted by molar-refractivity contribution is 4.77. The van der Waals surface area contributed by atoms with Gasteiger partial charge in [-0.25, -0.2) is 0 Å². The molecule has 11 heavy (non-hydrogen) atoms. The lowest BCUT2D eigenvalue weighted by Crippen LogP contribution is -2.30. The topological polar surface area (TPSA) is 18.5 Å². The molecule has 0 unspecified atom stereocenters. The van der Waals surface area contributed by atoms with E-state index in [1.807, 2.05) is 6.92 Å². The Morgan fingerprint density at radius 2 is 1.73 bits per heavy atom. The van der Waals surface area contributed by atoms with Gasteiger partial charge in [0.25, 0.3) is 0 Å². The van der Waals surface area contributed by atoms with Crippen molar-refractivity contribution < 1.29 is 9.47 Å². The Labute approximate surface area is 67.9 Å². The molecular weight excluding hydrogens is 140 g/mol. The van der Waals surface area contributed by atoms with Crippen LogP contribution in [0.1, 0.15) is 26.2 Å². The molecule has 2 heteroatoms. The summed E-state index contributed by atoms with van der Waals surface area (Å²) in [6.07, 6.45) is 4.23. The van der Waals surface area contributed by atoms with Crippen molar-refractivity contribution in [3.8, 4) is 0 Å². The van der Waals surface area contributed by atoms with E-state index in [9.17, 15) is 0 Å². The van der Waals surface area contributed by atoms with Crippen LogP contribution in [-0.4, -0.2) is 19.5 Å². The first kappa shape index (κ1) is 7.56. The van der Waals surface area contributed by atoms with Gasteiger partial charge in [-0.2, -0.15) is 0 Å². The van der Waals surface area contributed by atoms with E-state index in [4.69, 9.17) is 9.47 Å². The Balaban J connectivity index is 1.69. The summed E-state index contributed by atoms with van der Waals surface area (Å²) in [5.74, 6) is 1.68. The van der Waals surface area contributed by atoms with Crippen LogP contribution in [0.3, 0.4) is 0 Å². The van der Waals surface area contributed by atoms with Gasteiger partial charge in [-0.15, -0.1) is 0 Å². The molecule has 2 nitrogen and oxygen atoms in total. The molecule has 0 bridgehead atoms. The molecule has 1 aliphatic heterocycles. The van der Waals surface area contributed by atoms with E-state index in [1.165, 1.54) is 19.3 Å². The molecule has 1 saturated carbocycles. The molecule has 1 saturated heterocycles. The van der Waals surface area contributed by atoms with Gasteiger partial charge >= 0.3 is 0 Å². The van der Waals surface area contributed by atoms with Crippen molar-refractivity contribution in [2.45, 2.75) is 32.5 Å². The maximum atomic E-state index is 5.40. The van der Waals surface area contributed by atoms with Crippen LogP contribution >= 0.6 is 0 Å². The van der Waals surface area contributed by atoms with Gasteiger partial charge in [0.1, 0.15) is 0 Å². The molecule has 0 aromatic heterocycles. The largest absolute Gasteiger partial charge is 0.353 e. The Morgan fingerprint density at radius 3 is 2.27 bits per heavy atom. The highest BCUT2D eigenvalue weighted by atomic mass is 16.7. The Morgan fingerprint density at radius 1 is 1.09 bits per heavy atom. The lowest BCUT2D eigenvalue weighted by atomic mass is 10.0. The zero-order valence-electron chi connectivity index (χ0n) is 7.08. The van der Waals surface area contributed by atoms with Crippen molar-refractivity contribution in [1.82, 2.24) is 0 Å². The molecule has 0 amide bonds. The van der Waals surface area contributed by atoms with E-state index in [1.54, 1.807) is 0 Å². The minimum Gasteiger partial charge on any atom is -0.353 e. The second-order valence-electron chi connectivity index (χ2n) is 3.78. The SMILES string of the molecule is CC1OCC(CC2CC2)CO1. The number of hydrogen-bond acceptors (Lipinski definition) is 2. The smallest absolute Gasteiger partial charge is 0.154 e. The van der Waals surface area contributed by atoms with E-state index >= 15 is 0 Å². The standard InChI is InChI=1S/C9H16O2/c1-7-10-5-9(6-11-7)4-8-2-3-8/h7-9H,2-6H2,1H3. The minimum absolute atomic E-state index is 0.0328. The van der Waals surface area contributed by atoms with E-state index in [2.05, 4.69) is 0 Å². The van der Waals surface area contributed by atoms with Crippen LogP contribution < -0.4 is 0 Å². The Kier molecular flexibility index (Phi) is 2.14. The molecule has 1 heterocycles. The molecule has 64 valence electrons. The molecule has 0 aromatic carbocycles. The average Bonchev–Trinajstić information content (AvgIpc) is 2.78.